The van der Waals surface area contributed by atoms with Gasteiger partial charge in [0, 0.05) is 24.0 Å². The van der Waals surface area contributed by atoms with Gasteiger partial charge < -0.3 is 19.5 Å². The van der Waals surface area contributed by atoms with E-state index < -0.39 is 11.9 Å². The maximum absolute atomic E-state index is 12.8. The lowest BCUT2D eigenvalue weighted by Crippen LogP contribution is -2.45. The van der Waals surface area contributed by atoms with Crippen molar-refractivity contribution >= 4 is 23.2 Å². The Bertz CT molecular complexity index is 808. The van der Waals surface area contributed by atoms with Crippen molar-refractivity contribution in [1.82, 2.24) is 9.88 Å². The summed E-state index contributed by atoms with van der Waals surface area (Å²) in [7, 11) is 1.53. The minimum Gasteiger partial charge on any atom is -0.493 e. The molecule has 1 aromatic heterocycles. The Hall–Kier alpha value is -2.61. The molecule has 1 amide bonds. The number of ether oxygens (including phenoxy) is 2. The summed E-state index contributed by atoms with van der Waals surface area (Å²) in [5.41, 5.74) is 3.07. The summed E-state index contributed by atoms with van der Waals surface area (Å²) in [5, 5.41) is 11.1. The monoisotopic (exact) mass is 390 g/mol. The second-order valence-corrected chi connectivity index (χ2v) is 7.31. The molecule has 1 aliphatic heterocycles. The standard InChI is InChI=1S/C19H22N2O5S/c1-12-8-21(6-5-15(12)19(23)24)18(22)13-3-4-16(17(7-13)25-2)26-9-14-10-27-11-20-14/h3-4,7,10-12,15H,5-6,8-9H2,1-2H3,(H,23,24). The number of aliphatic carboxylic acids is 1. The molecule has 2 atom stereocenters. The van der Waals surface area contributed by atoms with Gasteiger partial charge in [-0.2, -0.15) is 0 Å². The molecular weight excluding hydrogens is 368 g/mol. The van der Waals surface area contributed by atoms with Crippen molar-refractivity contribution < 1.29 is 24.2 Å². The Kier molecular flexibility index (Phi) is 5.95. The fourth-order valence-corrected chi connectivity index (χ4v) is 3.80. The molecule has 1 fully saturated rings. The molecule has 1 aliphatic rings. The average Bonchev–Trinajstić information content (AvgIpc) is 3.18. The highest BCUT2D eigenvalue weighted by atomic mass is 32.1. The van der Waals surface area contributed by atoms with Gasteiger partial charge in [0.1, 0.15) is 6.61 Å². The smallest absolute Gasteiger partial charge is 0.306 e. The minimum atomic E-state index is -0.794. The van der Waals surface area contributed by atoms with E-state index in [0.717, 1.165) is 5.69 Å². The van der Waals surface area contributed by atoms with E-state index in [1.165, 1.54) is 18.4 Å². The summed E-state index contributed by atoms with van der Waals surface area (Å²) in [5.74, 6) is -0.384. The summed E-state index contributed by atoms with van der Waals surface area (Å²) >= 11 is 1.50. The minimum absolute atomic E-state index is 0.0807. The molecule has 144 valence electrons. The van der Waals surface area contributed by atoms with Crippen molar-refractivity contribution in [2.75, 3.05) is 20.2 Å². The van der Waals surface area contributed by atoms with Crippen molar-refractivity contribution in [3.8, 4) is 11.5 Å². The predicted molar refractivity (Wildman–Crippen MR) is 100 cm³/mol. The Morgan fingerprint density at radius 3 is 2.81 bits per heavy atom. The molecule has 1 saturated heterocycles. The number of hydrogen-bond donors (Lipinski definition) is 1. The Balaban J connectivity index is 1.69. The number of carbonyl (C=O) groups excluding carboxylic acids is 1. The van der Waals surface area contributed by atoms with E-state index >= 15 is 0 Å². The fraction of sp³-hybridized carbons (Fsp3) is 0.421. The van der Waals surface area contributed by atoms with E-state index in [9.17, 15) is 14.7 Å². The van der Waals surface area contributed by atoms with Crippen LogP contribution >= 0.6 is 11.3 Å². The zero-order valence-electron chi connectivity index (χ0n) is 15.3. The first-order valence-corrected chi connectivity index (χ1v) is 9.64. The lowest BCUT2D eigenvalue weighted by atomic mass is 9.87. The van der Waals surface area contributed by atoms with Gasteiger partial charge in [-0.15, -0.1) is 11.3 Å². The van der Waals surface area contributed by atoms with Crippen LogP contribution in [0.15, 0.2) is 29.1 Å². The maximum Gasteiger partial charge on any atom is 0.306 e. The van der Waals surface area contributed by atoms with Gasteiger partial charge in [-0.3, -0.25) is 9.59 Å². The van der Waals surface area contributed by atoms with E-state index in [1.807, 2.05) is 12.3 Å². The van der Waals surface area contributed by atoms with Crippen LogP contribution in [-0.2, 0) is 11.4 Å². The van der Waals surface area contributed by atoms with Gasteiger partial charge in [0.2, 0.25) is 0 Å². The van der Waals surface area contributed by atoms with Crippen molar-refractivity contribution in [2.45, 2.75) is 20.0 Å². The van der Waals surface area contributed by atoms with Crippen LogP contribution in [0.25, 0.3) is 0 Å². The van der Waals surface area contributed by atoms with Gasteiger partial charge >= 0.3 is 5.97 Å². The second-order valence-electron chi connectivity index (χ2n) is 6.60. The van der Waals surface area contributed by atoms with E-state index in [-0.39, 0.29) is 11.8 Å². The molecule has 2 unspecified atom stereocenters. The number of likely N-dealkylation sites (tertiary alicyclic amines) is 1. The lowest BCUT2D eigenvalue weighted by Gasteiger charge is -2.35. The normalized spacial score (nSPS) is 19.6. The number of aromatic nitrogens is 1. The highest BCUT2D eigenvalue weighted by Gasteiger charge is 2.33. The molecule has 27 heavy (non-hydrogen) atoms. The van der Waals surface area contributed by atoms with E-state index in [1.54, 1.807) is 28.6 Å². The summed E-state index contributed by atoms with van der Waals surface area (Å²) in [4.78, 5) is 29.9. The van der Waals surface area contributed by atoms with Crippen LogP contribution in [-0.4, -0.2) is 47.1 Å². The molecule has 0 spiro atoms. The largest absolute Gasteiger partial charge is 0.493 e. The summed E-state index contributed by atoms with van der Waals surface area (Å²) in [6.45, 7) is 3.06. The van der Waals surface area contributed by atoms with Crippen LogP contribution in [0.5, 0.6) is 11.5 Å². The molecule has 1 aromatic carbocycles. The van der Waals surface area contributed by atoms with E-state index in [4.69, 9.17) is 9.47 Å². The second kappa shape index (κ2) is 8.39. The van der Waals surface area contributed by atoms with Gasteiger partial charge in [-0.1, -0.05) is 6.92 Å². The zero-order valence-corrected chi connectivity index (χ0v) is 16.1. The molecule has 7 nitrogen and oxygen atoms in total. The number of rotatable bonds is 6. The molecule has 0 aliphatic carbocycles. The SMILES string of the molecule is COc1cc(C(=O)N2CCC(C(=O)O)C(C)C2)ccc1OCc1cscn1. The molecule has 0 saturated carbocycles. The lowest BCUT2D eigenvalue weighted by molar-refractivity contribution is -0.145. The fourth-order valence-electron chi connectivity index (χ4n) is 3.26. The van der Waals surface area contributed by atoms with Crippen LogP contribution in [0, 0.1) is 11.8 Å². The van der Waals surface area contributed by atoms with Crippen molar-refractivity contribution in [3.63, 3.8) is 0 Å². The number of hydrogen-bond acceptors (Lipinski definition) is 6. The van der Waals surface area contributed by atoms with Gasteiger partial charge in [-0.25, -0.2) is 4.98 Å². The first kappa shape index (κ1) is 19.2. The molecule has 8 heteroatoms. The number of piperidine rings is 1. The Morgan fingerprint density at radius 2 is 2.19 bits per heavy atom. The number of carboxylic acids is 1. The summed E-state index contributed by atoms with van der Waals surface area (Å²) < 4.78 is 11.1. The van der Waals surface area contributed by atoms with Crippen LogP contribution in [0.2, 0.25) is 0 Å². The van der Waals surface area contributed by atoms with Crippen LogP contribution < -0.4 is 9.47 Å². The first-order chi connectivity index (χ1) is 13.0. The third-order valence-electron chi connectivity index (χ3n) is 4.78. The summed E-state index contributed by atoms with van der Waals surface area (Å²) in [6, 6.07) is 5.08. The third kappa shape index (κ3) is 4.39. The Labute approximate surface area is 161 Å². The Morgan fingerprint density at radius 1 is 1.37 bits per heavy atom. The molecule has 1 N–H and O–H groups in total. The predicted octanol–water partition coefficient (Wildman–Crippen LogP) is 2.91. The van der Waals surface area contributed by atoms with Crippen LogP contribution in [0.4, 0.5) is 0 Å². The zero-order chi connectivity index (χ0) is 19.4. The molecule has 2 aromatic rings. The third-order valence-corrected chi connectivity index (χ3v) is 5.41. The highest BCUT2D eigenvalue weighted by molar-refractivity contribution is 7.07. The van der Waals surface area contributed by atoms with Gasteiger partial charge in [0.15, 0.2) is 11.5 Å². The van der Waals surface area contributed by atoms with Crippen LogP contribution in [0.3, 0.4) is 0 Å². The van der Waals surface area contributed by atoms with Gasteiger partial charge in [-0.05, 0) is 30.5 Å². The maximum atomic E-state index is 12.8. The molecule has 0 bridgehead atoms. The number of benzene rings is 1. The van der Waals surface area contributed by atoms with Crippen LogP contribution in [0.1, 0.15) is 29.4 Å². The number of nitrogens with zero attached hydrogens (tertiary/aromatic N) is 2. The number of amides is 1. The molecular formula is C19H22N2O5S. The number of carbonyl (C=O) groups is 2. The summed E-state index contributed by atoms with van der Waals surface area (Å²) in [6.07, 6.45) is 0.466. The number of methoxy groups -OCH3 is 1. The quantitative estimate of drug-likeness (QED) is 0.816. The molecule has 0 radical (unpaired) electrons. The van der Waals surface area contributed by atoms with E-state index in [0.29, 0.717) is 43.2 Å². The van der Waals surface area contributed by atoms with Crippen molar-refractivity contribution in [2.24, 2.45) is 11.8 Å². The average molecular weight is 390 g/mol. The van der Waals surface area contributed by atoms with Gasteiger partial charge in [0.25, 0.3) is 5.91 Å². The van der Waals surface area contributed by atoms with Crippen molar-refractivity contribution in [3.05, 3.63) is 40.3 Å². The van der Waals surface area contributed by atoms with E-state index in [2.05, 4.69) is 4.98 Å². The van der Waals surface area contributed by atoms with Crippen molar-refractivity contribution in [1.29, 1.82) is 0 Å². The number of carboxylic acid groups (broad SMARTS) is 1. The first-order valence-electron chi connectivity index (χ1n) is 8.69. The van der Waals surface area contributed by atoms with Gasteiger partial charge in [0.05, 0.1) is 24.2 Å². The molecule has 2 heterocycles. The highest BCUT2D eigenvalue weighted by Crippen LogP contribution is 2.30. The topological polar surface area (TPSA) is 89.0 Å². The number of thiazole rings is 1. The molecule has 3 rings (SSSR count).